The summed E-state index contributed by atoms with van der Waals surface area (Å²) in [5.41, 5.74) is 0.302. The summed E-state index contributed by atoms with van der Waals surface area (Å²) in [6.45, 7) is 1.89. The highest BCUT2D eigenvalue weighted by atomic mass is 19.1. The van der Waals surface area contributed by atoms with Gasteiger partial charge < -0.3 is 9.73 Å². The van der Waals surface area contributed by atoms with E-state index in [2.05, 4.69) is 5.32 Å². The Bertz CT molecular complexity index is 544. The second-order valence-corrected chi connectivity index (χ2v) is 4.47. The first-order valence-electron chi connectivity index (χ1n) is 5.83. The lowest BCUT2D eigenvalue weighted by Crippen LogP contribution is -2.26. The molecule has 17 heavy (non-hydrogen) atoms. The molecule has 1 aliphatic rings. The van der Waals surface area contributed by atoms with Gasteiger partial charge in [-0.2, -0.15) is 0 Å². The van der Waals surface area contributed by atoms with E-state index in [0.717, 1.165) is 37.8 Å². The summed E-state index contributed by atoms with van der Waals surface area (Å²) in [7, 11) is 0. The number of hydrogen-bond acceptors (Lipinski definition) is 2. The molecule has 2 heterocycles. The summed E-state index contributed by atoms with van der Waals surface area (Å²) in [4.78, 5) is 0. The molecule has 0 atom stereocenters. The van der Waals surface area contributed by atoms with Gasteiger partial charge in [-0.25, -0.2) is 8.78 Å². The van der Waals surface area contributed by atoms with Gasteiger partial charge in [-0.3, -0.25) is 0 Å². The maximum absolute atomic E-state index is 13.5. The molecule has 0 unspecified atom stereocenters. The van der Waals surface area contributed by atoms with E-state index < -0.39 is 11.6 Å². The molecule has 1 saturated heterocycles. The standard InChI is InChI=1S/C13H13F2NO/c14-9-5-11(15)10-7-12(17-13(10)6-9)8-1-3-16-4-2-8/h5-8,16H,1-4H2. The van der Waals surface area contributed by atoms with Crippen LogP contribution in [0.3, 0.4) is 0 Å². The van der Waals surface area contributed by atoms with Crippen LogP contribution in [-0.4, -0.2) is 13.1 Å². The summed E-state index contributed by atoms with van der Waals surface area (Å²) in [6.07, 6.45) is 1.95. The summed E-state index contributed by atoms with van der Waals surface area (Å²) in [5.74, 6) is -0.0674. The Hall–Kier alpha value is -1.42. The van der Waals surface area contributed by atoms with Gasteiger partial charge in [0.1, 0.15) is 23.0 Å². The van der Waals surface area contributed by atoms with Crippen LogP contribution in [0, 0.1) is 11.6 Å². The van der Waals surface area contributed by atoms with Crippen molar-refractivity contribution in [3.63, 3.8) is 0 Å². The Labute approximate surface area is 97.6 Å². The van der Waals surface area contributed by atoms with Crippen LogP contribution in [0.5, 0.6) is 0 Å². The summed E-state index contributed by atoms with van der Waals surface area (Å²) < 4.78 is 32.1. The predicted molar refractivity (Wildman–Crippen MR) is 61.0 cm³/mol. The number of fused-ring (bicyclic) bond motifs is 1. The summed E-state index contributed by atoms with van der Waals surface area (Å²) >= 11 is 0. The smallest absolute Gasteiger partial charge is 0.140 e. The number of halogens is 2. The van der Waals surface area contributed by atoms with Crippen LogP contribution in [0.1, 0.15) is 24.5 Å². The quantitative estimate of drug-likeness (QED) is 0.824. The lowest BCUT2D eigenvalue weighted by atomic mass is 9.95. The van der Waals surface area contributed by atoms with Crippen molar-refractivity contribution >= 4 is 11.0 Å². The average molecular weight is 237 g/mol. The maximum Gasteiger partial charge on any atom is 0.140 e. The largest absolute Gasteiger partial charge is 0.461 e. The SMILES string of the molecule is Fc1cc(F)c2cc(C3CCNCC3)oc2c1. The van der Waals surface area contributed by atoms with Gasteiger partial charge in [0.05, 0.1) is 5.39 Å². The summed E-state index contributed by atoms with van der Waals surface area (Å²) in [5, 5.41) is 3.64. The topological polar surface area (TPSA) is 25.2 Å². The fourth-order valence-electron chi connectivity index (χ4n) is 2.39. The highest BCUT2D eigenvalue weighted by Gasteiger charge is 2.20. The van der Waals surface area contributed by atoms with Gasteiger partial charge in [0, 0.05) is 18.1 Å². The van der Waals surface area contributed by atoms with Crippen LogP contribution in [-0.2, 0) is 0 Å². The van der Waals surface area contributed by atoms with Gasteiger partial charge in [0.15, 0.2) is 0 Å². The number of furan rings is 1. The normalized spacial score (nSPS) is 17.8. The van der Waals surface area contributed by atoms with Gasteiger partial charge in [-0.1, -0.05) is 0 Å². The molecule has 0 radical (unpaired) electrons. The minimum Gasteiger partial charge on any atom is -0.461 e. The monoisotopic (exact) mass is 237 g/mol. The second kappa shape index (κ2) is 4.11. The number of benzene rings is 1. The number of nitrogens with one attached hydrogen (secondary N) is 1. The fraction of sp³-hybridized carbons (Fsp3) is 0.385. The zero-order valence-corrected chi connectivity index (χ0v) is 9.30. The minimum absolute atomic E-state index is 0.302. The van der Waals surface area contributed by atoms with Gasteiger partial charge in [-0.05, 0) is 32.0 Å². The molecule has 1 aliphatic heterocycles. The molecule has 1 aromatic heterocycles. The van der Waals surface area contributed by atoms with Crippen molar-refractivity contribution in [3.05, 3.63) is 35.6 Å². The predicted octanol–water partition coefficient (Wildman–Crippen LogP) is 3.18. The van der Waals surface area contributed by atoms with E-state index in [1.165, 1.54) is 6.07 Å². The molecule has 1 fully saturated rings. The third-order valence-electron chi connectivity index (χ3n) is 3.31. The van der Waals surface area contributed by atoms with E-state index in [4.69, 9.17) is 4.42 Å². The van der Waals surface area contributed by atoms with E-state index >= 15 is 0 Å². The van der Waals surface area contributed by atoms with Crippen molar-refractivity contribution in [2.45, 2.75) is 18.8 Å². The first kappa shape index (κ1) is 10.7. The van der Waals surface area contributed by atoms with Crippen LogP contribution in [0.2, 0.25) is 0 Å². The second-order valence-electron chi connectivity index (χ2n) is 4.47. The highest BCUT2D eigenvalue weighted by molar-refractivity contribution is 5.78. The Morgan fingerprint density at radius 3 is 2.65 bits per heavy atom. The highest BCUT2D eigenvalue weighted by Crippen LogP contribution is 2.32. The Balaban J connectivity index is 2.03. The molecular formula is C13H13F2NO. The van der Waals surface area contributed by atoms with Crippen LogP contribution >= 0.6 is 0 Å². The molecule has 0 spiro atoms. The molecule has 0 saturated carbocycles. The zero-order valence-electron chi connectivity index (χ0n) is 9.30. The van der Waals surface area contributed by atoms with Crippen molar-refractivity contribution in [1.82, 2.24) is 5.32 Å². The van der Waals surface area contributed by atoms with Crippen molar-refractivity contribution in [1.29, 1.82) is 0 Å². The molecule has 90 valence electrons. The third kappa shape index (κ3) is 1.93. The Morgan fingerprint density at radius 1 is 1.12 bits per heavy atom. The molecule has 3 rings (SSSR count). The van der Waals surface area contributed by atoms with Gasteiger partial charge in [0.2, 0.25) is 0 Å². The van der Waals surface area contributed by atoms with Crippen molar-refractivity contribution in [2.24, 2.45) is 0 Å². The van der Waals surface area contributed by atoms with Crippen molar-refractivity contribution < 1.29 is 13.2 Å². The van der Waals surface area contributed by atoms with E-state index in [9.17, 15) is 8.78 Å². The van der Waals surface area contributed by atoms with Crippen LogP contribution < -0.4 is 5.32 Å². The molecule has 2 aromatic rings. The van der Waals surface area contributed by atoms with Gasteiger partial charge in [0.25, 0.3) is 0 Å². The van der Waals surface area contributed by atoms with Crippen molar-refractivity contribution in [2.75, 3.05) is 13.1 Å². The molecule has 0 aliphatic carbocycles. The first-order valence-corrected chi connectivity index (χ1v) is 5.83. The molecule has 2 nitrogen and oxygen atoms in total. The van der Waals surface area contributed by atoms with Crippen LogP contribution in [0.15, 0.2) is 22.6 Å². The molecule has 0 bridgehead atoms. The van der Waals surface area contributed by atoms with E-state index in [0.29, 0.717) is 16.9 Å². The van der Waals surface area contributed by atoms with Crippen LogP contribution in [0.25, 0.3) is 11.0 Å². The van der Waals surface area contributed by atoms with E-state index in [1.54, 1.807) is 6.07 Å². The molecular weight excluding hydrogens is 224 g/mol. The zero-order chi connectivity index (χ0) is 11.8. The van der Waals surface area contributed by atoms with Gasteiger partial charge >= 0.3 is 0 Å². The number of hydrogen-bond donors (Lipinski definition) is 1. The molecule has 0 amide bonds. The fourth-order valence-corrected chi connectivity index (χ4v) is 2.39. The third-order valence-corrected chi connectivity index (χ3v) is 3.31. The van der Waals surface area contributed by atoms with Crippen LogP contribution in [0.4, 0.5) is 8.78 Å². The molecule has 4 heteroatoms. The number of piperidine rings is 1. The van der Waals surface area contributed by atoms with Gasteiger partial charge in [-0.15, -0.1) is 0 Å². The Kier molecular flexibility index (Phi) is 2.59. The maximum atomic E-state index is 13.5. The van der Waals surface area contributed by atoms with Crippen molar-refractivity contribution in [3.8, 4) is 0 Å². The summed E-state index contributed by atoms with van der Waals surface area (Å²) in [6, 6.07) is 3.84. The Morgan fingerprint density at radius 2 is 1.88 bits per heavy atom. The first-order chi connectivity index (χ1) is 8.24. The average Bonchev–Trinajstić information content (AvgIpc) is 2.74. The molecule has 1 N–H and O–H groups in total. The van der Waals surface area contributed by atoms with E-state index in [1.807, 2.05) is 0 Å². The number of rotatable bonds is 1. The lowest BCUT2D eigenvalue weighted by molar-refractivity contribution is 0.397. The lowest BCUT2D eigenvalue weighted by Gasteiger charge is -2.20. The van der Waals surface area contributed by atoms with E-state index in [-0.39, 0.29) is 0 Å². The minimum atomic E-state index is -0.596. The molecule has 1 aromatic carbocycles.